The largest absolute Gasteiger partial charge is 0.320 e. The van der Waals surface area contributed by atoms with Crippen LogP contribution >= 0.6 is 11.8 Å². The monoisotopic (exact) mass is 464 g/mol. The van der Waals surface area contributed by atoms with Gasteiger partial charge in [0.2, 0.25) is 5.91 Å². The lowest BCUT2D eigenvalue weighted by Crippen LogP contribution is -2.24. The number of anilines is 1. The first kappa shape index (κ1) is 22.7. The SMILES string of the molecule is Cc1ccc(-n2c(SC(C)C(=O)Nc3c(F)cccc3F)nnc2-c2ccccc2)cc1C. The van der Waals surface area contributed by atoms with E-state index in [0.717, 1.165) is 46.3 Å². The molecule has 4 aromatic rings. The van der Waals surface area contributed by atoms with Crippen molar-refractivity contribution in [3.05, 3.63) is 89.5 Å². The molecular formula is C25H22F2N4OS. The fourth-order valence-corrected chi connectivity index (χ4v) is 4.14. The first-order chi connectivity index (χ1) is 15.8. The Bertz CT molecular complexity index is 1290. The lowest BCUT2D eigenvalue weighted by molar-refractivity contribution is -0.115. The minimum atomic E-state index is -0.829. The van der Waals surface area contributed by atoms with E-state index in [1.54, 1.807) is 6.92 Å². The molecule has 0 aliphatic carbocycles. The number of amides is 1. The zero-order valence-corrected chi connectivity index (χ0v) is 19.2. The predicted molar refractivity (Wildman–Crippen MR) is 127 cm³/mol. The molecule has 0 bridgehead atoms. The Kier molecular flexibility index (Phi) is 6.55. The summed E-state index contributed by atoms with van der Waals surface area (Å²) in [6.45, 7) is 5.71. The molecule has 1 heterocycles. The Balaban J connectivity index is 1.68. The van der Waals surface area contributed by atoms with Crippen molar-refractivity contribution in [3.63, 3.8) is 0 Å². The second-order valence-electron chi connectivity index (χ2n) is 7.62. The fourth-order valence-electron chi connectivity index (χ4n) is 3.27. The van der Waals surface area contributed by atoms with Gasteiger partial charge in [0.25, 0.3) is 0 Å². The van der Waals surface area contributed by atoms with E-state index in [2.05, 4.69) is 15.5 Å². The maximum absolute atomic E-state index is 14.0. The van der Waals surface area contributed by atoms with Crippen LogP contribution in [-0.4, -0.2) is 25.9 Å². The van der Waals surface area contributed by atoms with E-state index < -0.39 is 28.5 Å². The number of carbonyl (C=O) groups excluding carboxylic acids is 1. The maximum atomic E-state index is 14.0. The third-order valence-corrected chi connectivity index (χ3v) is 6.32. The first-order valence-electron chi connectivity index (χ1n) is 10.3. The van der Waals surface area contributed by atoms with Gasteiger partial charge in [-0.2, -0.15) is 0 Å². The number of thioether (sulfide) groups is 1. The average Bonchev–Trinajstić information content (AvgIpc) is 3.22. The van der Waals surface area contributed by atoms with E-state index in [4.69, 9.17) is 0 Å². The number of carbonyl (C=O) groups is 1. The van der Waals surface area contributed by atoms with Crippen molar-refractivity contribution in [2.24, 2.45) is 0 Å². The molecule has 8 heteroatoms. The molecule has 1 amide bonds. The van der Waals surface area contributed by atoms with Crippen molar-refractivity contribution in [2.45, 2.75) is 31.2 Å². The second-order valence-corrected chi connectivity index (χ2v) is 8.93. The Labute approximate surface area is 194 Å². The topological polar surface area (TPSA) is 59.8 Å². The summed E-state index contributed by atoms with van der Waals surface area (Å²) in [7, 11) is 0. The molecule has 0 radical (unpaired) electrons. The number of para-hydroxylation sites is 1. The highest BCUT2D eigenvalue weighted by Crippen LogP contribution is 2.31. The van der Waals surface area contributed by atoms with Crippen LogP contribution in [0.4, 0.5) is 14.5 Å². The molecule has 1 unspecified atom stereocenters. The van der Waals surface area contributed by atoms with Crippen molar-refractivity contribution >= 4 is 23.4 Å². The molecule has 0 spiro atoms. The zero-order chi connectivity index (χ0) is 23.5. The van der Waals surface area contributed by atoms with Crippen LogP contribution in [0.1, 0.15) is 18.1 Å². The third-order valence-electron chi connectivity index (χ3n) is 5.28. The van der Waals surface area contributed by atoms with Gasteiger partial charge < -0.3 is 5.32 Å². The molecule has 5 nitrogen and oxygen atoms in total. The zero-order valence-electron chi connectivity index (χ0n) is 18.3. The van der Waals surface area contributed by atoms with Crippen LogP contribution in [0.2, 0.25) is 0 Å². The molecule has 168 valence electrons. The summed E-state index contributed by atoms with van der Waals surface area (Å²) in [6, 6.07) is 19.1. The highest BCUT2D eigenvalue weighted by molar-refractivity contribution is 8.00. The van der Waals surface area contributed by atoms with Gasteiger partial charge in [-0.05, 0) is 56.2 Å². The Hall–Kier alpha value is -3.52. The third kappa shape index (κ3) is 4.80. The Morgan fingerprint density at radius 2 is 1.64 bits per heavy atom. The van der Waals surface area contributed by atoms with Crippen LogP contribution in [0.5, 0.6) is 0 Å². The number of nitrogens with one attached hydrogen (secondary N) is 1. The second kappa shape index (κ2) is 9.54. The standard InChI is InChI=1S/C25H22F2N4OS/c1-15-12-13-19(14-16(15)2)31-23(18-8-5-4-6-9-18)29-30-25(31)33-17(3)24(32)28-22-20(26)10-7-11-21(22)27/h4-14,17H,1-3H3,(H,28,32). The van der Waals surface area contributed by atoms with E-state index in [9.17, 15) is 13.6 Å². The number of benzene rings is 3. The summed E-state index contributed by atoms with van der Waals surface area (Å²) < 4.78 is 29.8. The molecule has 3 aromatic carbocycles. The number of hydrogen-bond donors (Lipinski definition) is 1. The van der Waals surface area contributed by atoms with E-state index in [-0.39, 0.29) is 0 Å². The van der Waals surface area contributed by atoms with Crippen LogP contribution in [0.25, 0.3) is 17.1 Å². The van der Waals surface area contributed by atoms with Gasteiger partial charge in [0.15, 0.2) is 11.0 Å². The lowest BCUT2D eigenvalue weighted by Gasteiger charge is -2.15. The first-order valence-corrected chi connectivity index (χ1v) is 11.2. The smallest absolute Gasteiger partial charge is 0.237 e. The van der Waals surface area contributed by atoms with Gasteiger partial charge in [-0.3, -0.25) is 9.36 Å². The fraction of sp³-hybridized carbons (Fsp3) is 0.160. The number of hydrogen-bond acceptors (Lipinski definition) is 4. The average molecular weight is 465 g/mol. The van der Waals surface area contributed by atoms with Crippen LogP contribution < -0.4 is 5.32 Å². The van der Waals surface area contributed by atoms with Gasteiger partial charge in [-0.1, -0.05) is 54.2 Å². The van der Waals surface area contributed by atoms with Gasteiger partial charge >= 0.3 is 0 Å². The lowest BCUT2D eigenvalue weighted by atomic mass is 10.1. The normalized spacial score (nSPS) is 11.9. The van der Waals surface area contributed by atoms with E-state index >= 15 is 0 Å². The summed E-state index contributed by atoms with van der Waals surface area (Å²) in [5.74, 6) is -1.57. The Morgan fingerprint density at radius 1 is 0.939 bits per heavy atom. The molecule has 0 aliphatic heterocycles. The van der Waals surface area contributed by atoms with Gasteiger partial charge in [0.05, 0.1) is 10.9 Å². The van der Waals surface area contributed by atoms with Gasteiger partial charge in [-0.15, -0.1) is 10.2 Å². The molecule has 0 saturated heterocycles. The summed E-state index contributed by atoms with van der Waals surface area (Å²) in [5.41, 5.74) is 3.53. The Morgan fingerprint density at radius 3 is 2.30 bits per heavy atom. The van der Waals surface area contributed by atoms with Crippen LogP contribution in [-0.2, 0) is 4.79 Å². The summed E-state index contributed by atoms with van der Waals surface area (Å²) in [5, 5.41) is 10.9. The van der Waals surface area contributed by atoms with Crippen molar-refractivity contribution in [1.29, 1.82) is 0 Å². The van der Waals surface area contributed by atoms with Crippen molar-refractivity contribution in [1.82, 2.24) is 14.8 Å². The molecular weight excluding hydrogens is 442 g/mol. The number of nitrogens with zero attached hydrogens (tertiary/aromatic N) is 3. The number of rotatable bonds is 6. The van der Waals surface area contributed by atoms with Gasteiger partial charge in [0, 0.05) is 5.56 Å². The molecule has 0 saturated carbocycles. The summed E-state index contributed by atoms with van der Waals surface area (Å²) in [4.78, 5) is 12.7. The number of halogens is 2. The summed E-state index contributed by atoms with van der Waals surface area (Å²) >= 11 is 1.16. The van der Waals surface area contributed by atoms with Crippen LogP contribution in [0.15, 0.2) is 71.9 Å². The molecule has 0 aliphatic rings. The minimum Gasteiger partial charge on any atom is -0.320 e. The van der Waals surface area contributed by atoms with Crippen molar-refractivity contribution in [2.75, 3.05) is 5.32 Å². The van der Waals surface area contributed by atoms with E-state index in [1.165, 1.54) is 6.07 Å². The van der Waals surface area contributed by atoms with E-state index in [0.29, 0.717) is 11.0 Å². The molecule has 1 aromatic heterocycles. The molecule has 4 rings (SSSR count). The van der Waals surface area contributed by atoms with Crippen LogP contribution in [0.3, 0.4) is 0 Å². The molecule has 1 atom stereocenters. The molecule has 0 fully saturated rings. The predicted octanol–water partition coefficient (Wildman–Crippen LogP) is 5.95. The maximum Gasteiger partial charge on any atom is 0.237 e. The van der Waals surface area contributed by atoms with E-state index in [1.807, 2.05) is 66.9 Å². The highest BCUT2D eigenvalue weighted by atomic mass is 32.2. The quantitative estimate of drug-likeness (QED) is 0.358. The molecule has 1 N–H and O–H groups in total. The number of aromatic nitrogens is 3. The highest BCUT2D eigenvalue weighted by Gasteiger charge is 2.23. The van der Waals surface area contributed by atoms with Crippen molar-refractivity contribution in [3.8, 4) is 17.1 Å². The number of aryl methyl sites for hydroxylation is 2. The van der Waals surface area contributed by atoms with Gasteiger partial charge in [0.1, 0.15) is 17.3 Å². The van der Waals surface area contributed by atoms with Gasteiger partial charge in [-0.25, -0.2) is 8.78 Å². The van der Waals surface area contributed by atoms with Crippen LogP contribution in [0, 0.1) is 25.5 Å². The van der Waals surface area contributed by atoms with Crippen molar-refractivity contribution < 1.29 is 13.6 Å². The molecule has 33 heavy (non-hydrogen) atoms. The minimum absolute atomic E-state index is 0.462. The summed E-state index contributed by atoms with van der Waals surface area (Å²) in [6.07, 6.45) is 0.